The first kappa shape index (κ1) is 30.3. The van der Waals surface area contributed by atoms with Crippen molar-refractivity contribution in [2.75, 3.05) is 58.1 Å². The van der Waals surface area contributed by atoms with E-state index in [1.807, 2.05) is 62.1 Å². The highest BCUT2D eigenvalue weighted by Gasteiger charge is 2.28. The first-order chi connectivity index (χ1) is 20.5. The predicted molar refractivity (Wildman–Crippen MR) is 166 cm³/mol. The number of para-hydroxylation sites is 1. The van der Waals surface area contributed by atoms with Crippen LogP contribution in [0.2, 0.25) is 0 Å². The topological polar surface area (TPSA) is 112 Å². The number of nitrogens with zero attached hydrogens (tertiary/aromatic N) is 4. The largest absolute Gasteiger partial charge is 0.494 e. The molecule has 5 rings (SSSR count). The van der Waals surface area contributed by atoms with Crippen LogP contribution in [0.3, 0.4) is 0 Å². The summed E-state index contributed by atoms with van der Waals surface area (Å²) in [5, 5.41) is 7.15. The maximum Gasteiger partial charge on any atom is 0.272 e. The molecule has 1 amide bonds. The van der Waals surface area contributed by atoms with E-state index in [0.717, 1.165) is 28.6 Å². The minimum Gasteiger partial charge on any atom is -0.494 e. The standard InChI is InChI=1S/C32H40N6O5/c1-32(2,3)21-18-22(30-41-15-16-42-30)28(40-7)23(19-21)35-29(39)24-17-20-9-8-10-25(27(20)38(24)6)43-26-11-12-33-31(36-26)34-13-14-37(4)5/h8-12,17-19,30H,13-16H2,1-7H3,(H,35,39)(H,33,34,36). The number of hydrogen-bond acceptors (Lipinski definition) is 9. The van der Waals surface area contributed by atoms with Crippen LogP contribution in [0.15, 0.2) is 48.7 Å². The Bertz CT molecular complexity index is 1600. The average Bonchev–Trinajstić information content (AvgIpc) is 3.61. The number of carbonyl (C=O) groups is 1. The summed E-state index contributed by atoms with van der Waals surface area (Å²) in [5.74, 6) is 1.67. The Morgan fingerprint density at radius 2 is 1.91 bits per heavy atom. The van der Waals surface area contributed by atoms with Crippen LogP contribution in [0.5, 0.6) is 17.4 Å². The second-order valence-electron chi connectivity index (χ2n) is 11.8. The lowest BCUT2D eigenvalue weighted by molar-refractivity contribution is -0.0455. The van der Waals surface area contributed by atoms with E-state index in [0.29, 0.717) is 54.5 Å². The number of nitrogens with one attached hydrogen (secondary N) is 2. The number of methoxy groups -OCH3 is 1. The zero-order valence-corrected chi connectivity index (χ0v) is 25.9. The van der Waals surface area contributed by atoms with Gasteiger partial charge in [-0.1, -0.05) is 32.9 Å². The van der Waals surface area contributed by atoms with Gasteiger partial charge in [0.25, 0.3) is 5.91 Å². The molecule has 11 nitrogen and oxygen atoms in total. The third-order valence-electron chi connectivity index (χ3n) is 7.25. The van der Waals surface area contributed by atoms with Crippen molar-refractivity contribution in [2.24, 2.45) is 7.05 Å². The molecule has 11 heteroatoms. The van der Waals surface area contributed by atoms with Gasteiger partial charge >= 0.3 is 0 Å². The third kappa shape index (κ3) is 6.74. The highest BCUT2D eigenvalue weighted by molar-refractivity contribution is 6.07. The zero-order chi connectivity index (χ0) is 30.7. The van der Waals surface area contributed by atoms with Crippen LogP contribution in [0.1, 0.15) is 48.7 Å². The Labute approximate surface area is 252 Å². The van der Waals surface area contributed by atoms with Crippen molar-refractivity contribution >= 4 is 28.4 Å². The number of carbonyl (C=O) groups excluding carboxylic acids is 1. The SMILES string of the molecule is COc1c(NC(=O)c2cc3cccc(Oc4ccnc(NCCN(C)C)n4)c3n2C)cc(C(C)(C)C)cc1C1OCCO1. The van der Waals surface area contributed by atoms with Gasteiger partial charge in [0, 0.05) is 37.8 Å². The second kappa shape index (κ2) is 12.6. The molecule has 0 saturated carbocycles. The quantitative estimate of drug-likeness (QED) is 0.254. The Balaban J connectivity index is 1.44. The van der Waals surface area contributed by atoms with Gasteiger partial charge in [-0.3, -0.25) is 4.79 Å². The number of fused-ring (bicyclic) bond motifs is 1. The summed E-state index contributed by atoms with van der Waals surface area (Å²) in [7, 11) is 7.44. The van der Waals surface area contributed by atoms with Gasteiger partial charge in [0.15, 0.2) is 17.8 Å². The highest BCUT2D eigenvalue weighted by atomic mass is 16.7. The van der Waals surface area contributed by atoms with E-state index >= 15 is 0 Å². The van der Waals surface area contributed by atoms with E-state index in [-0.39, 0.29) is 11.3 Å². The molecule has 0 radical (unpaired) electrons. The molecule has 2 aromatic carbocycles. The van der Waals surface area contributed by atoms with E-state index in [4.69, 9.17) is 18.9 Å². The molecule has 1 aliphatic rings. The van der Waals surface area contributed by atoms with Crippen molar-refractivity contribution < 1.29 is 23.7 Å². The zero-order valence-electron chi connectivity index (χ0n) is 25.9. The molecule has 0 aliphatic carbocycles. The number of amides is 1. The van der Waals surface area contributed by atoms with Crippen LogP contribution >= 0.6 is 0 Å². The summed E-state index contributed by atoms with van der Waals surface area (Å²) < 4.78 is 25.4. The van der Waals surface area contributed by atoms with Crippen LogP contribution in [0.25, 0.3) is 10.9 Å². The molecule has 0 unspecified atom stereocenters. The highest BCUT2D eigenvalue weighted by Crippen LogP contribution is 2.41. The number of hydrogen-bond donors (Lipinski definition) is 2. The summed E-state index contributed by atoms with van der Waals surface area (Å²) in [6, 6.07) is 13.2. The summed E-state index contributed by atoms with van der Waals surface area (Å²) in [4.78, 5) is 24.7. The molecule has 228 valence electrons. The first-order valence-electron chi connectivity index (χ1n) is 14.3. The number of anilines is 2. The monoisotopic (exact) mass is 588 g/mol. The van der Waals surface area contributed by atoms with Gasteiger partial charge in [-0.2, -0.15) is 4.98 Å². The van der Waals surface area contributed by atoms with E-state index in [1.165, 1.54) is 0 Å². The van der Waals surface area contributed by atoms with Crippen LogP contribution in [-0.4, -0.2) is 72.9 Å². The van der Waals surface area contributed by atoms with Gasteiger partial charge in [-0.05, 0) is 49.3 Å². The van der Waals surface area contributed by atoms with Crippen molar-refractivity contribution in [3.63, 3.8) is 0 Å². The minimum atomic E-state index is -0.560. The summed E-state index contributed by atoms with van der Waals surface area (Å²) in [5.41, 5.74) is 3.34. The fourth-order valence-electron chi connectivity index (χ4n) is 4.97. The molecule has 4 aromatic rings. The molecule has 0 spiro atoms. The minimum absolute atomic E-state index is 0.187. The number of ether oxygens (including phenoxy) is 4. The number of aryl methyl sites for hydroxylation is 1. The first-order valence-corrected chi connectivity index (χ1v) is 14.3. The van der Waals surface area contributed by atoms with Gasteiger partial charge in [0.2, 0.25) is 11.8 Å². The molecule has 43 heavy (non-hydrogen) atoms. The summed E-state index contributed by atoms with van der Waals surface area (Å²) >= 11 is 0. The van der Waals surface area contributed by atoms with Crippen molar-refractivity contribution in [3.05, 3.63) is 65.5 Å². The maximum atomic E-state index is 13.8. The third-order valence-corrected chi connectivity index (χ3v) is 7.25. The van der Waals surface area contributed by atoms with Crippen molar-refractivity contribution in [3.8, 4) is 17.4 Å². The molecule has 1 fully saturated rings. The Hall–Kier alpha value is -4.19. The van der Waals surface area contributed by atoms with E-state index in [2.05, 4.69) is 46.3 Å². The number of rotatable bonds is 10. The van der Waals surface area contributed by atoms with E-state index < -0.39 is 6.29 Å². The Kier molecular flexibility index (Phi) is 8.86. The van der Waals surface area contributed by atoms with E-state index in [9.17, 15) is 4.79 Å². The fraction of sp³-hybridized carbons (Fsp3) is 0.406. The summed E-state index contributed by atoms with van der Waals surface area (Å²) in [6.07, 6.45) is 1.09. The second-order valence-corrected chi connectivity index (χ2v) is 11.8. The van der Waals surface area contributed by atoms with Gasteiger partial charge in [-0.25, -0.2) is 4.98 Å². The van der Waals surface area contributed by atoms with Crippen LogP contribution < -0.4 is 20.1 Å². The molecule has 1 saturated heterocycles. The lowest BCUT2D eigenvalue weighted by Crippen LogP contribution is -2.21. The average molecular weight is 589 g/mol. The molecule has 1 aliphatic heterocycles. The predicted octanol–water partition coefficient (Wildman–Crippen LogP) is 5.34. The molecule has 3 heterocycles. The molecular formula is C32H40N6O5. The smallest absolute Gasteiger partial charge is 0.272 e. The van der Waals surface area contributed by atoms with Gasteiger partial charge in [-0.15, -0.1) is 0 Å². The van der Waals surface area contributed by atoms with E-state index in [1.54, 1.807) is 19.4 Å². The summed E-state index contributed by atoms with van der Waals surface area (Å²) in [6.45, 7) is 8.90. The number of likely N-dealkylation sites (N-methyl/N-ethyl adjacent to an activating group) is 1. The molecule has 2 aromatic heterocycles. The molecule has 0 bridgehead atoms. The van der Waals surface area contributed by atoms with Crippen LogP contribution in [0.4, 0.5) is 11.6 Å². The maximum absolute atomic E-state index is 13.8. The molecule has 2 N–H and O–H groups in total. The normalized spacial score (nSPS) is 14.0. The van der Waals surface area contributed by atoms with Crippen LogP contribution in [-0.2, 0) is 21.9 Å². The molecular weight excluding hydrogens is 548 g/mol. The van der Waals surface area contributed by atoms with Gasteiger partial charge < -0.3 is 39.0 Å². The van der Waals surface area contributed by atoms with Crippen molar-refractivity contribution in [2.45, 2.75) is 32.5 Å². The number of aromatic nitrogens is 3. The van der Waals surface area contributed by atoms with Crippen molar-refractivity contribution in [1.29, 1.82) is 0 Å². The lowest BCUT2D eigenvalue weighted by Gasteiger charge is -2.25. The Morgan fingerprint density at radius 1 is 1.14 bits per heavy atom. The fourth-order valence-corrected chi connectivity index (χ4v) is 4.97. The lowest BCUT2D eigenvalue weighted by atomic mass is 9.85. The number of benzene rings is 2. The van der Waals surface area contributed by atoms with Gasteiger partial charge in [0.05, 0.1) is 37.1 Å². The molecule has 0 atom stereocenters. The Morgan fingerprint density at radius 3 is 2.60 bits per heavy atom. The van der Waals surface area contributed by atoms with Crippen molar-refractivity contribution in [1.82, 2.24) is 19.4 Å². The van der Waals surface area contributed by atoms with Crippen LogP contribution in [0, 0.1) is 0 Å². The van der Waals surface area contributed by atoms with Gasteiger partial charge in [0.1, 0.15) is 5.69 Å².